The molecule has 0 unspecified atom stereocenters. The number of thiol groups is 1. The van der Waals surface area contributed by atoms with Crippen molar-refractivity contribution in [1.82, 2.24) is 0 Å². The molecule has 0 fully saturated rings. The predicted molar refractivity (Wildman–Crippen MR) is 51.8 cm³/mol. The van der Waals surface area contributed by atoms with Crippen LogP contribution in [0.2, 0.25) is 0 Å². The van der Waals surface area contributed by atoms with Crippen LogP contribution in [-0.2, 0) is 0 Å². The Morgan fingerprint density at radius 3 is 1.90 bits per heavy atom. The topological polar surface area (TPSA) is 0 Å². The van der Waals surface area contributed by atoms with E-state index in [-0.39, 0.29) is 0 Å². The highest BCUT2D eigenvalue weighted by molar-refractivity contribution is 7.81. The zero-order valence-corrected chi connectivity index (χ0v) is 8.38. The molecule has 62 valence electrons. The summed E-state index contributed by atoms with van der Waals surface area (Å²) in [7, 11) is 0. The minimum atomic E-state index is 0.329. The first-order chi connectivity index (χ1) is 4.68. The van der Waals surface area contributed by atoms with Crippen LogP contribution < -0.4 is 0 Å². The molecule has 0 aromatic rings. The lowest BCUT2D eigenvalue weighted by molar-refractivity contribution is 0.490. The molecule has 0 nitrogen and oxygen atoms in total. The van der Waals surface area contributed by atoms with E-state index in [0.717, 1.165) is 0 Å². The molecular weight excluding hydrogens is 140 g/mol. The molecule has 0 saturated carbocycles. The van der Waals surface area contributed by atoms with Gasteiger partial charge in [-0.1, -0.05) is 33.6 Å². The first-order valence-corrected chi connectivity index (χ1v) is 4.85. The highest BCUT2D eigenvalue weighted by atomic mass is 32.1. The summed E-state index contributed by atoms with van der Waals surface area (Å²) >= 11 is 4.65. The summed E-state index contributed by atoms with van der Waals surface area (Å²) in [5.41, 5.74) is 0. The van der Waals surface area contributed by atoms with Crippen LogP contribution in [0.3, 0.4) is 0 Å². The third-order valence-corrected chi connectivity index (χ3v) is 3.17. The van der Waals surface area contributed by atoms with E-state index in [1.54, 1.807) is 0 Å². The molecule has 0 aliphatic carbocycles. The molecular formula is C9H20S. The van der Waals surface area contributed by atoms with E-state index >= 15 is 0 Å². The van der Waals surface area contributed by atoms with Crippen LogP contribution >= 0.6 is 12.6 Å². The van der Waals surface area contributed by atoms with Gasteiger partial charge in [-0.05, 0) is 19.3 Å². The van der Waals surface area contributed by atoms with Crippen LogP contribution in [0.4, 0.5) is 0 Å². The van der Waals surface area contributed by atoms with Crippen molar-refractivity contribution in [2.45, 2.75) is 57.6 Å². The summed E-state index contributed by atoms with van der Waals surface area (Å²) in [5.74, 6) is 0. The summed E-state index contributed by atoms with van der Waals surface area (Å²) < 4.78 is 0.329. The number of hydrogen-bond acceptors (Lipinski definition) is 1. The maximum absolute atomic E-state index is 4.65. The van der Waals surface area contributed by atoms with E-state index in [4.69, 9.17) is 0 Å². The number of hydrogen-bond donors (Lipinski definition) is 1. The average Bonchev–Trinajstić information content (AvgIpc) is 2.00. The maximum Gasteiger partial charge on any atom is 0.0124 e. The predicted octanol–water partition coefficient (Wildman–Crippen LogP) is 3.67. The Balaban J connectivity index is 3.58. The largest absolute Gasteiger partial charge is 0.173 e. The molecule has 0 spiro atoms. The van der Waals surface area contributed by atoms with Crippen LogP contribution in [0.25, 0.3) is 0 Å². The summed E-state index contributed by atoms with van der Waals surface area (Å²) in [6.07, 6.45) is 6.30. The Morgan fingerprint density at radius 1 is 1.10 bits per heavy atom. The Hall–Kier alpha value is 0.350. The number of unbranched alkanes of at least 4 members (excludes halogenated alkanes) is 1. The van der Waals surface area contributed by atoms with Gasteiger partial charge in [0, 0.05) is 4.75 Å². The lowest BCUT2D eigenvalue weighted by Gasteiger charge is -2.24. The molecule has 0 atom stereocenters. The molecule has 0 aromatic heterocycles. The lowest BCUT2D eigenvalue weighted by Crippen LogP contribution is -2.18. The second-order valence-electron chi connectivity index (χ2n) is 3.04. The molecule has 10 heavy (non-hydrogen) atoms. The quantitative estimate of drug-likeness (QED) is 0.583. The summed E-state index contributed by atoms with van der Waals surface area (Å²) in [6.45, 7) is 6.69. The smallest absolute Gasteiger partial charge is 0.0124 e. The van der Waals surface area contributed by atoms with E-state index in [9.17, 15) is 0 Å². The van der Waals surface area contributed by atoms with Gasteiger partial charge < -0.3 is 0 Å². The fraction of sp³-hybridized carbons (Fsp3) is 1.00. The van der Waals surface area contributed by atoms with E-state index in [2.05, 4.69) is 33.4 Å². The molecule has 0 amide bonds. The first-order valence-electron chi connectivity index (χ1n) is 4.41. The minimum Gasteiger partial charge on any atom is -0.173 e. The maximum atomic E-state index is 4.65. The van der Waals surface area contributed by atoms with Crippen molar-refractivity contribution in [1.29, 1.82) is 0 Å². The molecule has 0 bridgehead atoms. The zero-order chi connectivity index (χ0) is 8.04. The lowest BCUT2D eigenvalue weighted by atomic mass is 9.95. The molecule has 0 N–H and O–H groups in total. The molecule has 0 radical (unpaired) electrons. The second kappa shape index (κ2) is 5.06. The second-order valence-corrected chi connectivity index (χ2v) is 3.98. The third-order valence-electron chi connectivity index (χ3n) is 2.31. The van der Waals surface area contributed by atoms with Crippen molar-refractivity contribution in [3.63, 3.8) is 0 Å². The highest BCUT2D eigenvalue weighted by Gasteiger charge is 2.18. The van der Waals surface area contributed by atoms with Crippen molar-refractivity contribution >= 4 is 12.6 Å². The van der Waals surface area contributed by atoms with Crippen molar-refractivity contribution in [2.24, 2.45) is 0 Å². The summed E-state index contributed by atoms with van der Waals surface area (Å²) in [5, 5.41) is 0. The van der Waals surface area contributed by atoms with Crippen molar-refractivity contribution in [2.75, 3.05) is 0 Å². The van der Waals surface area contributed by atoms with E-state index in [0.29, 0.717) is 4.75 Å². The van der Waals surface area contributed by atoms with Crippen LogP contribution in [0.15, 0.2) is 0 Å². The molecule has 0 aliphatic heterocycles. The Bertz CT molecular complexity index is 74.8. The van der Waals surface area contributed by atoms with Gasteiger partial charge in [-0.25, -0.2) is 0 Å². The van der Waals surface area contributed by atoms with E-state index in [1.165, 1.54) is 32.1 Å². The SMILES string of the molecule is CCCCC(S)(CC)CC. The van der Waals surface area contributed by atoms with Crippen LogP contribution in [0.1, 0.15) is 52.9 Å². The molecule has 0 aliphatic rings. The first kappa shape index (κ1) is 10.3. The van der Waals surface area contributed by atoms with Gasteiger partial charge in [0.15, 0.2) is 0 Å². The molecule has 0 heterocycles. The average molecular weight is 160 g/mol. The minimum absolute atomic E-state index is 0.329. The fourth-order valence-electron chi connectivity index (χ4n) is 1.11. The van der Waals surface area contributed by atoms with Gasteiger partial charge in [-0.15, -0.1) is 0 Å². The fourth-order valence-corrected chi connectivity index (χ4v) is 1.27. The van der Waals surface area contributed by atoms with Gasteiger partial charge >= 0.3 is 0 Å². The van der Waals surface area contributed by atoms with Crippen LogP contribution in [-0.4, -0.2) is 4.75 Å². The van der Waals surface area contributed by atoms with Gasteiger partial charge in [0.2, 0.25) is 0 Å². The monoisotopic (exact) mass is 160 g/mol. The van der Waals surface area contributed by atoms with E-state index in [1.807, 2.05) is 0 Å². The Labute approximate surface area is 70.8 Å². The highest BCUT2D eigenvalue weighted by Crippen LogP contribution is 2.28. The summed E-state index contributed by atoms with van der Waals surface area (Å²) in [6, 6.07) is 0. The summed E-state index contributed by atoms with van der Waals surface area (Å²) in [4.78, 5) is 0. The number of rotatable bonds is 5. The Kier molecular flexibility index (Phi) is 5.24. The molecule has 0 aromatic carbocycles. The van der Waals surface area contributed by atoms with Gasteiger partial charge in [-0.3, -0.25) is 0 Å². The zero-order valence-electron chi connectivity index (χ0n) is 7.48. The standard InChI is InChI=1S/C9H20S/c1-4-7-8-9(10,5-2)6-3/h10H,4-8H2,1-3H3. The third kappa shape index (κ3) is 3.50. The van der Waals surface area contributed by atoms with E-state index < -0.39 is 0 Å². The normalized spacial score (nSPS) is 12.0. The van der Waals surface area contributed by atoms with Crippen molar-refractivity contribution in [3.8, 4) is 0 Å². The van der Waals surface area contributed by atoms with Gasteiger partial charge in [0.25, 0.3) is 0 Å². The Morgan fingerprint density at radius 2 is 1.60 bits per heavy atom. The van der Waals surface area contributed by atoms with Crippen LogP contribution in [0.5, 0.6) is 0 Å². The van der Waals surface area contributed by atoms with Gasteiger partial charge in [0.1, 0.15) is 0 Å². The molecule has 0 saturated heterocycles. The van der Waals surface area contributed by atoms with Gasteiger partial charge in [-0.2, -0.15) is 12.6 Å². The van der Waals surface area contributed by atoms with Crippen molar-refractivity contribution in [3.05, 3.63) is 0 Å². The van der Waals surface area contributed by atoms with Crippen LogP contribution in [0, 0.1) is 0 Å². The van der Waals surface area contributed by atoms with Crippen molar-refractivity contribution < 1.29 is 0 Å². The molecule has 0 rings (SSSR count). The van der Waals surface area contributed by atoms with Gasteiger partial charge in [0.05, 0.1) is 0 Å². The molecule has 1 heteroatoms.